The van der Waals surface area contributed by atoms with Crippen molar-refractivity contribution in [2.75, 3.05) is 7.11 Å². The molecule has 23 heavy (non-hydrogen) atoms. The molecule has 1 unspecified atom stereocenters. The van der Waals surface area contributed by atoms with E-state index in [4.69, 9.17) is 4.74 Å². The summed E-state index contributed by atoms with van der Waals surface area (Å²) in [4.78, 5) is 11.8. The number of halogens is 1. The lowest BCUT2D eigenvalue weighted by molar-refractivity contribution is -0.138. The Morgan fingerprint density at radius 1 is 1.17 bits per heavy atom. The van der Waals surface area contributed by atoms with E-state index in [0.717, 1.165) is 11.1 Å². The van der Waals surface area contributed by atoms with Crippen LogP contribution in [0.2, 0.25) is 0 Å². The number of benzene rings is 2. The van der Waals surface area contributed by atoms with Gasteiger partial charge in [0.05, 0.1) is 13.0 Å². The predicted molar refractivity (Wildman–Crippen MR) is 87.6 cm³/mol. The van der Waals surface area contributed by atoms with Crippen LogP contribution in [0.3, 0.4) is 0 Å². The van der Waals surface area contributed by atoms with Crippen LogP contribution in [-0.2, 0) is 11.2 Å². The molecule has 0 fully saturated rings. The summed E-state index contributed by atoms with van der Waals surface area (Å²) in [6, 6.07) is 11.6. The molecule has 0 saturated heterocycles. The van der Waals surface area contributed by atoms with Gasteiger partial charge in [0.1, 0.15) is 11.6 Å². The molecule has 0 spiro atoms. The monoisotopic (exact) mass is 316 g/mol. The van der Waals surface area contributed by atoms with E-state index in [9.17, 15) is 14.3 Å². The summed E-state index contributed by atoms with van der Waals surface area (Å²) in [5, 5.41) is 9.66. The number of ether oxygens (including phenoxy) is 1. The van der Waals surface area contributed by atoms with Crippen LogP contribution in [0.15, 0.2) is 42.5 Å². The van der Waals surface area contributed by atoms with Crippen molar-refractivity contribution >= 4 is 5.97 Å². The van der Waals surface area contributed by atoms with Gasteiger partial charge in [-0.2, -0.15) is 0 Å². The molecule has 4 heteroatoms. The van der Waals surface area contributed by atoms with E-state index in [1.165, 1.54) is 19.2 Å². The predicted octanol–water partition coefficient (Wildman–Crippen LogP) is 4.37. The maximum atomic E-state index is 13.0. The Hall–Kier alpha value is -2.36. The number of aliphatic carboxylic acids is 1. The average Bonchev–Trinajstić information content (AvgIpc) is 2.53. The lowest BCUT2D eigenvalue weighted by Crippen LogP contribution is -2.16. The molecule has 1 N–H and O–H groups in total. The fourth-order valence-electron chi connectivity index (χ4n) is 2.57. The number of hydrogen-bond acceptors (Lipinski definition) is 2. The van der Waals surface area contributed by atoms with E-state index in [1.807, 2.05) is 18.2 Å². The van der Waals surface area contributed by atoms with Gasteiger partial charge >= 0.3 is 5.97 Å². The Bertz CT molecular complexity index is 678. The van der Waals surface area contributed by atoms with Crippen molar-refractivity contribution in [2.45, 2.75) is 32.1 Å². The molecule has 122 valence electrons. The van der Waals surface area contributed by atoms with Crippen LogP contribution in [-0.4, -0.2) is 18.2 Å². The van der Waals surface area contributed by atoms with Crippen LogP contribution in [0.5, 0.6) is 5.75 Å². The first-order chi connectivity index (χ1) is 10.9. The molecule has 0 heterocycles. The highest BCUT2D eigenvalue weighted by molar-refractivity contribution is 5.78. The Morgan fingerprint density at radius 3 is 2.35 bits per heavy atom. The van der Waals surface area contributed by atoms with Crippen LogP contribution < -0.4 is 4.74 Å². The van der Waals surface area contributed by atoms with E-state index >= 15 is 0 Å². The third-order valence-electron chi connectivity index (χ3n) is 3.95. The topological polar surface area (TPSA) is 46.5 Å². The van der Waals surface area contributed by atoms with E-state index in [1.54, 1.807) is 12.1 Å². The number of carbonyl (C=O) groups is 1. The molecule has 2 aromatic rings. The fourth-order valence-corrected chi connectivity index (χ4v) is 2.57. The first-order valence-corrected chi connectivity index (χ1v) is 7.57. The van der Waals surface area contributed by atoms with Gasteiger partial charge in [-0.1, -0.05) is 38.1 Å². The minimum absolute atomic E-state index is 0.285. The Morgan fingerprint density at radius 2 is 1.83 bits per heavy atom. The highest BCUT2D eigenvalue weighted by atomic mass is 19.1. The molecule has 0 amide bonds. The Labute approximate surface area is 135 Å². The summed E-state index contributed by atoms with van der Waals surface area (Å²) < 4.78 is 18.4. The maximum absolute atomic E-state index is 13.0. The van der Waals surface area contributed by atoms with Crippen LogP contribution in [0.1, 0.15) is 42.4 Å². The number of carboxylic acids is 1. The van der Waals surface area contributed by atoms with Gasteiger partial charge in [0.2, 0.25) is 0 Å². The smallest absolute Gasteiger partial charge is 0.311 e. The summed E-state index contributed by atoms with van der Waals surface area (Å²) in [7, 11) is 1.53. The minimum Gasteiger partial charge on any atom is -0.496 e. The van der Waals surface area contributed by atoms with Gasteiger partial charge < -0.3 is 9.84 Å². The Kier molecular flexibility index (Phi) is 5.37. The van der Waals surface area contributed by atoms with Gasteiger partial charge in [0.25, 0.3) is 0 Å². The zero-order chi connectivity index (χ0) is 17.0. The molecule has 0 aliphatic carbocycles. The first-order valence-electron chi connectivity index (χ1n) is 7.57. The number of hydrogen-bond donors (Lipinski definition) is 1. The van der Waals surface area contributed by atoms with Gasteiger partial charge in [-0.15, -0.1) is 0 Å². The highest BCUT2D eigenvalue weighted by Gasteiger charge is 2.24. The van der Waals surface area contributed by atoms with Gasteiger partial charge in [-0.25, -0.2) is 4.39 Å². The van der Waals surface area contributed by atoms with E-state index in [2.05, 4.69) is 13.8 Å². The minimum atomic E-state index is -0.923. The van der Waals surface area contributed by atoms with Crippen molar-refractivity contribution in [3.05, 3.63) is 65.0 Å². The standard InChI is InChI=1S/C19H21FO3/c1-12(2)14-6-9-18(23-3)16(11-14)17(19(21)22)10-13-4-7-15(20)8-5-13/h4-9,11-12,17H,10H2,1-3H3,(H,21,22). The number of rotatable bonds is 6. The quantitative estimate of drug-likeness (QED) is 0.861. The lowest BCUT2D eigenvalue weighted by Gasteiger charge is -2.18. The molecule has 0 aliphatic rings. The zero-order valence-electron chi connectivity index (χ0n) is 13.5. The first kappa shape index (κ1) is 17.0. The van der Waals surface area contributed by atoms with Crippen molar-refractivity contribution in [2.24, 2.45) is 0 Å². The molecule has 3 nitrogen and oxygen atoms in total. The molecular formula is C19H21FO3. The van der Waals surface area contributed by atoms with Crippen molar-refractivity contribution in [1.29, 1.82) is 0 Å². The van der Waals surface area contributed by atoms with Gasteiger partial charge in [-0.3, -0.25) is 4.79 Å². The second-order valence-corrected chi connectivity index (χ2v) is 5.88. The third kappa shape index (κ3) is 4.09. The fraction of sp³-hybridized carbons (Fsp3) is 0.316. The van der Waals surface area contributed by atoms with Crippen LogP contribution >= 0.6 is 0 Å². The van der Waals surface area contributed by atoms with Crippen molar-refractivity contribution in [3.63, 3.8) is 0 Å². The summed E-state index contributed by atoms with van der Waals surface area (Å²) in [6.07, 6.45) is 0.285. The summed E-state index contributed by atoms with van der Waals surface area (Å²) in [6.45, 7) is 4.11. The SMILES string of the molecule is COc1ccc(C(C)C)cc1C(Cc1ccc(F)cc1)C(=O)O. The molecule has 0 aliphatic heterocycles. The van der Waals surface area contributed by atoms with E-state index < -0.39 is 11.9 Å². The highest BCUT2D eigenvalue weighted by Crippen LogP contribution is 2.32. The van der Waals surface area contributed by atoms with Crippen molar-refractivity contribution in [1.82, 2.24) is 0 Å². The normalized spacial score (nSPS) is 12.2. The van der Waals surface area contributed by atoms with Gasteiger partial charge in [0, 0.05) is 5.56 Å². The zero-order valence-corrected chi connectivity index (χ0v) is 13.5. The molecule has 1 atom stereocenters. The van der Waals surface area contributed by atoms with Crippen molar-refractivity contribution in [3.8, 4) is 5.75 Å². The second-order valence-electron chi connectivity index (χ2n) is 5.88. The van der Waals surface area contributed by atoms with Gasteiger partial charge in [-0.05, 0) is 41.7 Å². The number of carboxylic acid groups (broad SMARTS) is 1. The molecular weight excluding hydrogens is 295 g/mol. The van der Waals surface area contributed by atoms with Gasteiger partial charge in [0.15, 0.2) is 0 Å². The largest absolute Gasteiger partial charge is 0.496 e. The molecule has 0 saturated carbocycles. The third-order valence-corrected chi connectivity index (χ3v) is 3.95. The summed E-state index contributed by atoms with van der Waals surface area (Å²) in [5.41, 5.74) is 2.48. The lowest BCUT2D eigenvalue weighted by atomic mass is 9.88. The summed E-state index contributed by atoms with van der Waals surface area (Å²) >= 11 is 0. The molecule has 2 aromatic carbocycles. The molecule has 2 rings (SSSR count). The van der Waals surface area contributed by atoms with E-state index in [0.29, 0.717) is 17.2 Å². The van der Waals surface area contributed by atoms with Crippen molar-refractivity contribution < 1.29 is 19.0 Å². The maximum Gasteiger partial charge on any atom is 0.311 e. The molecule has 0 bridgehead atoms. The average molecular weight is 316 g/mol. The van der Waals surface area contributed by atoms with Crippen LogP contribution in [0, 0.1) is 5.82 Å². The van der Waals surface area contributed by atoms with E-state index in [-0.39, 0.29) is 12.2 Å². The van der Waals surface area contributed by atoms with Crippen LogP contribution in [0.25, 0.3) is 0 Å². The molecule has 0 radical (unpaired) electrons. The Balaban J connectivity index is 2.42. The second kappa shape index (κ2) is 7.27. The summed E-state index contributed by atoms with van der Waals surface area (Å²) in [5.74, 6) is -1.15. The van der Waals surface area contributed by atoms with Crippen LogP contribution in [0.4, 0.5) is 4.39 Å². The number of methoxy groups -OCH3 is 1. The molecule has 0 aromatic heterocycles.